The number of nitrogens with one attached hydrogen (secondary N) is 1. The molecule has 0 aliphatic heterocycles. The molecule has 0 heterocycles. The van der Waals surface area contributed by atoms with Crippen molar-refractivity contribution in [3.05, 3.63) is 17.9 Å². The van der Waals surface area contributed by atoms with Crippen molar-refractivity contribution in [2.75, 3.05) is 20.8 Å². The van der Waals surface area contributed by atoms with Crippen LogP contribution in [0.3, 0.4) is 0 Å². The molecule has 1 aliphatic rings. The molecule has 8 heteroatoms. The Balaban J connectivity index is 2.32. The highest BCUT2D eigenvalue weighted by Crippen LogP contribution is 2.32. The zero-order valence-electron chi connectivity index (χ0n) is 13.3. The van der Waals surface area contributed by atoms with E-state index in [2.05, 4.69) is 4.72 Å². The van der Waals surface area contributed by atoms with Gasteiger partial charge in [-0.15, -0.1) is 0 Å². The normalized spacial score (nSPS) is 21.9. The number of nitrogens with two attached hydrogens (primary N) is 1. The van der Waals surface area contributed by atoms with Crippen LogP contribution in [0.5, 0.6) is 11.5 Å². The Morgan fingerprint density at radius 1 is 1.22 bits per heavy atom. The van der Waals surface area contributed by atoms with Crippen molar-refractivity contribution in [2.45, 2.75) is 36.6 Å². The van der Waals surface area contributed by atoms with Crippen molar-refractivity contribution in [2.24, 2.45) is 11.7 Å². The van der Waals surface area contributed by atoms with Gasteiger partial charge in [0.25, 0.3) is 0 Å². The second kappa shape index (κ2) is 7.46. The molecule has 130 valence electrons. The van der Waals surface area contributed by atoms with Crippen LogP contribution in [0.1, 0.15) is 25.7 Å². The molecule has 0 radical (unpaired) electrons. The molecule has 1 aromatic rings. The lowest BCUT2D eigenvalue weighted by molar-refractivity contribution is 0.295. The number of methoxy groups -OCH3 is 2. The molecule has 6 nitrogen and oxygen atoms in total. The number of hydrogen-bond acceptors (Lipinski definition) is 5. The third-order valence-electron chi connectivity index (χ3n) is 4.25. The molecule has 2 atom stereocenters. The maximum Gasteiger partial charge on any atom is 0.243 e. The van der Waals surface area contributed by atoms with Crippen molar-refractivity contribution in [3.8, 4) is 11.5 Å². The fourth-order valence-corrected chi connectivity index (χ4v) is 4.36. The molecule has 1 aliphatic carbocycles. The molecule has 1 aromatic carbocycles. The van der Waals surface area contributed by atoms with Gasteiger partial charge in [-0.05, 0) is 25.3 Å². The zero-order chi connectivity index (χ0) is 17.0. The van der Waals surface area contributed by atoms with Gasteiger partial charge in [-0.25, -0.2) is 17.5 Å². The van der Waals surface area contributed by atoms with Crippen LogP contribution in [-0.2, 0) is 10.0 Å². The summed E-state index contributed by atoms with van der Waals surface area (Å²) in [6.45, 7) is 0.404. The SMILES string of the molecule is COc1cc(F)c(S(=O)(=O)NC2CCCCC2CN)cc1OC. The highest BCUT2D eigenvalue weighted by atomic mass is 32.2. The number of benzene rings is 1. The number of rotatable bonds is 6. The largest absolute Gasteiger partial charge is 0.493 e. The first kappa shape index (κ1) is 18.0. The Bertz CT molecular complexity index is 651. The lowest BCUT2D eigenvalue weighted by Crippen LogP contribution is -2.44. The van der Waals surface area contributed by atoms with Crippen LogP contribution < -0.4 is 19.9 Å². The number of halogens is 1. The van der Waals surface area contributed by atoms with E-state index in [4.69, 9.17) is 15.2 Å². The molecule has 1 saturated carbocycles. The minimum absolute atomic E-state index is 0.0710. The highest BCUT2D eigenvalue weighted by Gasteiger charge is 2.30. The minimum atomic E-state index is -4.01. The summed E-state index contributed by atoms with van der Waals surface area (Å²) in [7, 11) is -1.28. The van der Waals surface area contributed by atoms with Gasteiger partial charge >= 0.3 is 0 Å². The molecule has 1 fully saturated rings. The van der Waals surface area contributed by atoms with E-state index in [-0.39, 0.29) is 23.5 Å². The second-order valence-corrected chi connectivity index (χ2v) is 7.33. The van der Waals surface area contributed by atoms with E-state index in [0.29, 0.717) is 13.0 Å². The van der Waals surface area contributed by atoms with E-state index in [1.54, 1.807) is 0 Å². The van der Waals surface area contributed by atoms with E-state index >= 15 is 0 Å². The van der Waals surface area contributed by atoms with E-state index < -0.39 is 20.7 Å². The van der Waals surface area contributed by atoms with Crippen LogP contribution in [0, 0.1) is 11.7 Å². The Labute approximate surface area is 136 Å². The summed E-state index contributed by atoms with van der Waals surface area (Å²) >= 11 is 0. The van der Waals surface area contributed by atoms with Gasteiger partial charge in [0.15, 0.2) is 11.5 Å². The molecule has 23 heavy (non-hydrogen) atoms. The summed E-state index contributed by atoms with van der Waals surface area (Å²) in [6, 6.07) is 1.87. The monoisotopic (exact) mass is 346 g/mol. The molecular formula is C15H23FN2O4S. The summed E-state index contributed by atoms with van der Waals surface area (Å²) in [6.07, 6.45) is 3.54. The standard InChI is InChI=1S/C15H23FN2O4S/c1-21-13-7-11(16)15(8-14(13)22-2)23(19,20)18-12-6-4-3-5-10(12)9-17/h7-8,10,12,18H,3-6,9,17H2,1-2H3. The second-order valence-electron chi connectivity index (χ2n) is 5.65. The van der Waals surface area contributed by atoms with Gasteiger partial charge in [0.2, 0.25) is 10.0 Å². The average molecular weight is 346 g/mol. The first-order chi connectivity index (χ1) is 10.9. The third kappa shape index (κ3) is 3.94. The van der Waals surface area contributed by atoms with Gasteiger partial charge in [-0.2, -0.15) is 0 Å². The van der Waals surface area contributed by atoms with Gasteiger partial charge in [0.05, 0.1) is 14.2 Å². The van der Waals surface area contributed by atoms with Crippen molar-refractivity contribution in [1.82, 2.24) is 4.72 Å². The lowest BCUT2D eigenvalue weighted by atomic mass is 9.85. The van der Waals surface area contributed by atoms with Crippen molar-refractivity contribution in [1.29, 1.82) is 0 Å². The minimum Gasteiger partial charge on any atom is -0.493 e. The molecule has 0 bridgehead atoms. The lowest BCUT2D eigenvalue weighted by Gasteiger charge is -2.31. The topological polar surface area (TPSA) is 90.7 Å². The van der Waals surface area contributed by atoms with Gasteiger partial charge in [0.1, 0.15) is 10.7 Å². The Morgan fingerprint density at radius 2 is 1.83 bits per heavy atom. The number of sulfonamides is 1. The quantitative estimate of drug-likeness (QED) is 0.817. The van der Waals surface area contributed by atoms with Crippen LogP contribution in [0.25, 0.3) is 0 Å². The van der Waals surface area contributed by atoms with E-state index in [1.807, 2.05) is 0 Å². The fraction of sp³-hybridized carbons (Fsp3) is 0.600. The first-order valence-electron chi connectivity index (χ1n) is 7.57. The molecule has 0 aromatic heterocycles. The maximum absolute atomic E-state index is 14.2. The van der Waals surface area contributed by atoms with Crippen LogP contribution in [0.4, 0.5) is 4.39 Å². The molecule has 0 saturated heterocycles. The zero-order valence-corrected chi connectivity index (χ0v) is 14.2. The Morgan fingerprint density at radius 3 is 2.43 bits per heavy atom. The number of hydrogen-bond donors (Lipinski definition) is 2. The average Bonchev–Trinajstić information content (AvgIpc) is 2.54. The first-order valence-corrected chi connectivity index (χ1v) is 9.05. The molecule has 2 rings (SSSR count). The van der Waals surface area contributed by atoms with Gasteiger partial charge < -0.3 is 15.2 Å². The molecule has 2 unspecified atom stereocenters. The van der Waals surface area contributed by atoms with Crippen LogP contribution in [0.15, 0.2) is 17.0 Å². The van der Waals surface area contributed by atoms with Crippen LogP contribution in [-0.4, -0.2) is 35.2 Å². The summed E-state index contributed by atoms with van der Waals surface area (Å²) < 4.78 is 52.0. The van der Waals surface area contributed by atoms with Crippen molar-refractivity contribution < 1.29 is 22.3 Å². The summed E-state index contributed by atoms with van der Waals surface area (Å²) in [5.41, 5.74) is 5.72. The molecule has 0 spiro atoms. The fourth-order valence-electron chi connectivity index (χ4n) is 2.95. The predicted molar refractivity (Wildman–Crippen MR) is 84.6 cm³/mol. The number of ether oxygens (including phenoxy) is 2. The van der Waals surface area contributed by atoms with Crippen LogP contribution in [0.2, 0.25) is 0 Å². The Kier molecular flexibility index (Phi) is 5.83. The molecule has 0 amide bonds. The summed E-state index contributed by atoms with van der Waals surface area (Å²) in [4.78, 5) is -0.448. The van der Waals surface area contributed by atoms with E-state index in [9.17, 15) is 12.8 Å². The third-order valence-corrected chi connectivity index (χ3v) is 5.75. The van der Waals surface area contributed by atoms with E-state index in [1.165, 1.54) is 14.2 Å². The maximum atomic E-state index is 14.2. The molecular weight excluding hydrogens is 323 g/mol. The summed E-state index contributed by atoms with van der Waals surface area (Å²) in [5.74, 6) is -0.508. The predicted octanol–water partition coefficient (Wildman–Crippen LogP) is 1.64. The molecule has 3 N–H and O–H groups in total. The van der Waals surface area contributed by atoms with E-state index in [0.717, 1.165) is 31.4 Å². The Hall–Kier alpha value is -1.38. The van der Waals surface area contributed by atoms with Crippen LogP contribution >= 0.6 is 0 Å². The van der Waals surface area contributed by atoms with Crippen molar-refractivity contribution >= 4 is 10.0 Å². The summed E-state index contributed by atoms with van der Waals surface area (Å²) in [5, 5.41) is 0. The smallest absolute Gasteiger partial charge is 0.243 e. The van der Waals surface area contributed by atoms with Gasteiger partial charge in [-0.1, -0.05) is 12.8 Å². The van der Waals surface area contributed by atoms with Gasteiger partial charge in [-0.3, -0.25) is 0 Å². The van der Waals surface area contributed by atoms with Gasteiger partial charge in [0, 0.05) is 18.2 Å². The van der Waals surface area contributed by atoms with Crippen molar-refractivity contribution in [3.63, 3.8) is 0 Å². The highest BCUT2D eigenvalue weighted by molar-refractivity contribution is 7.89.